The van der Waals surface area contributed by atoms with Crippen LogP contribution in [-0.2, 0) is 0 Å². The van der Waals surface area contributed by atoms with Crippen molar-refractivity contribution in [2.45, 2.75) is 26.3 Å². The Morgan fingerprint density at radius 3 is 2.71 bits per heavy atom. The third-order valence-electron chi connectivity index (χ3n) is 2.37. The van der Waals surface area contributed by atoms with Gasteiger partial charge in [-0.25, -0.2) is 0 Å². The van der Waals surface area contributed by atoms with E-state index in [9.17, 15) is 0 Å². The Kier molecular flexibility index (Phi) is 2.04. The van der Waals surface area contributed by atoms with E-state index in [4.69, 9.17) is 0 Å². The van der Waals surface area contributed by atoms with Crippen LogP contribution in [0.15, 0.2) is 24.2 Å². The highest BCUT2D eigenvalue weighted by Crippen LogP contribution is 2.36. The summed E-state index contributed by atoms with van der Waals surface area (Å²) in [6, 6.07) is 2.14. The number of fused-ring (bicyclic) bond motifs is 1. The molecule has 2 heteroatoms. The van der Waals surface area contributed by atoms with Gasteiger partial charge in [-0.1, -0.05) is 6.58 Å². The standard InChI is InChI=1S/C12H15NS/c1-9-11-10(6-8-14-11)5-7-13(9)12(2,3)4/h5-8H,1H2,2-4H3. The minimum atomic E-state index is 0.106. The molecule has 0 saturated carbocycles. The highest BCUT2D eigenvalue weighted by molar-refractivity contribution is 7.11. The van der Waals surface area contributed by atoms with Crippen LogP contribution in [-0.4, -0.2) is 10.4 Å². The number of nitrogens with zero attached hydrogens (tertiary/aromatic N) is 1. The molecule has 1 aliphatic rings. The summed E-state index contributed by atoms with van der Waals surface area (Å²) >= 11 is 1.76. The van der Waals surface area contributed by atoms with E-state index in [1.807, 2.05) is 0 Å². The molecule has 14 heavy (non-hydrogen) atoms. The molecule has 0 saturated heterocycles. The molecule has 2 rings (SSSR count). The van der Waals surface area contributed by atoms with Crippen LogP contribution >= 0.6 is 11.3 Å². The molecule has 0 N–H and O–H groups in total. The number of hydrogen-bond acceptors (Lipinski definition) is 2. The second-order valence-corrected chi connectivity index (χ2v) is 5.42. The minimum Gasteiger partial charge on any atom is -0.342 e. The molecule has 0 aliphatic carbocycles. The van der Waals surface area contributed by atoms with Gasteiger partial charge in [0.15, 0.2) is 0 Å². The fourth-order valence-corrected chi connectivity index (χ4v) is 2.52. The zero-order valence-corrected chi connectivity index (χ0v) is 9.69. The molecule has 74 valence electrons. The first-order chi connectivity index (χ1) is 6.50. The van der Waals surface area contributed by atoms with E-state index in [1.165, 1.54) is 10.4 Å². The molecule has 0 radical (unpaired) electrons. The van der Waals surface area contributed by atoms with Crippen LogP contribution in [0.1, 0.15) is 31.2 Å². The van der Waals surface area contributed by atoms with Crippen molar-refractivity contribution in [1.82, 2.24) is 4.90 Å². The topological polar surface area (TPSA) is 3.24 Å². The molecular weight excluding hydrogens is 190 g/mol. The first-order valence-corrected chi connectivity index (χ1v) is 5.62. The number of hydrogen-bond donors (Lipinski definition) is 0. The van der Waals surface area contributed by atoms with E-state index in [2.05, 4.69) is 56.0 Å². The maximum absolute atomic E-state index is 4.16. The molecular formula is C12H15NS. The van der Waals surface area contributed by atoms with Gasteiger partial charge < -0.3 is 4.90 Å². The van der Waals surface area contributed by atoms with Gasteiger partial charge in [-0.15, -0.1) is 11.3 Å². The molecule has 1 aliphatic heterocycles. The van der Waals surface area contributed by atoms with Crippen LogP contribution in [0.2, 0.25) is 0 Å². The Labute approximate surface area is 89.4 Å². The van der Waals surface area contributed by atoms with E-state index in [1.54, 1.807) is 11.3 Å². The van der Waals surface area contributed by atoms with Gasteiger partial charge >= 0.3 is 0 Å². The first-order valence-electron chi connectivity index (χ1n) is 4.74. The zero-order valence-electron chi connectivity index (χ0n) is 8.87. The maximum atomic E-state index is 4.16. The quantitative estimate of drug-likeness (QED) is 0.622. The normalized spacial score (nSPS) is 15.9. The fraction of sp³-hybridized carbons (Fsp3) is 0.333. The summed E-state index contributed by atoms with van der Waals surface area (Å²) in [7, 11) is 0. The van der Waals surface area contributed by atoms with Crippen molar-refractivity contribution in [2.75, 3.05) is 0 Å². The molecule has 0 spiro atoms. The predicted molar refractivity (Wildman–Crippen MR) is 64.0 cm³/mol. The molecule has 1 nitrogen and oxygen atoms in total. The summed E-state index contributed by atoms with van der Waals surface area (Å²) in [5, 5.41) is 2.12. The van der Waals surface area contributed by atoms with Gasteiger partial charge in [0.2, 0.25) is 0 Å². The van der Waals surface area contributed by atoms with Gasteiger partial charge in [-0.3, -0.25) is 0 Å². The van der Waals surface area contributed by atoms with E-state index in [0.29, 0.717) is 0 Å². The lowest BCUT2D eigenvalue weighted by Crippen LogP contribution is -2.36. The largest absolute Gasteiger partial charge is 0.342 e. The van der Waals surface area contributed by atoms with Gasteiger partial charge in [0.25, 0.3) is 0 Å². The Hall–Kier alpha value is -1.02. The lowest BCUT2D eigenvalue weighted by Gasteiger charge is -2.37. The average Bonchev–Trinajstić information content (AvgIpc) is 2.50. The molecule has 0 unspecified atom stereocenters. The summed E-state index contributed by atoms with van der Waals surface area (Å²) < 4.78 is 0. The van der Waals surface area contributed by atoms with E-state index >= 15 is 0 Å². The van der Waals surface area contributed by atoms with E-state index < -0.39 is 0 Å². The average molecular weight is 205 g/mol. The van der Waals surface area contributed by atoms with Gasteiger partial charge in [0, 0.05) is 11.7 Å². The predicted octanol–water partition coefficient (Wildman–Crippen LogP) is 3.80. The highest BCUT2D eigenvalue weighted by Gasteiger charge is 2.25. The summed E-state index contributed by atoms with van der Waals surface area (Å²) in [4.78, 5) is 3.52. The lowest BCUT2D eigenvalue weighted by atomic mass is 10.0. The second kappa shape index (κ2) is 2.99. The molecule has 0 amide bonds. The Morgan fingerprint density at radius 1 is 1.36 bits per heavy atom. The fourth-order valence-electron chi connectivity index (χ4n) is 1.67. The van der Waals surface area contributed by atoms with Crippen LogP contribution in [0.3, 0.4) is 0 Å². The Morgan fingerprint density at radius 2 is 2.07 bits per heavy atom. The van der Waals surface area contributed by atoms with Gasteiger partial charge in [0.05, 0.1) is 10.6 Å². The van der Waals surface area contributed by atoms with Crippen LogP contribution in [0, 0.1) is 0 Å². The molecule has 0 fully saturated rings. The SMILES string of the molecule is C=C1c2sccc2C=CN1C(C)(C)C. The molecule has 1 aromatic heterocycles. The summed E-state index contributed by atoms with van der Waals surface area (Å²) in [6.07, 6.45) is 4.28. The number of rotatable bonds is 0. The molecule has 0 atom stereocenters. The third-order valence-corrected chi connectivity index (χ3v) is 3.35. The molecule has 1 aromatic rings. The van der Waals surface area contributed by atoms with Crippen molar-refractivity contribution in [2.24, 2.45) is 0 Å². The monoisotopic (exact) mass is 205 g/mol. The summed E-state index contributed by atoms with van der Waals surface area (Å²) in [5.74, 6) is 0. The first kappa shape index (κ1) is 9.53. The third kappa shape index (κ3) is 1.40. The van der Waals surface area contributed by atoms with Crippen molar-refractivity contribution >= 4 is 23.1 Å². The molecule has 0 aromatic carbocycles. The van der Waals surface area contributed by atoms with Crippen LogP contribution in [0.25, 0.3) is 11.8 Å². The van der Waals surface area contributed by atoms with Crippen molar-refractivity contribution in [3.8, 4) is 0 Å². The van der Waals surface area contributed by atoms with E-state index in [-0.39, 0.29) is 5.54 Å². The summed E-state index contributed by atoms with van der Waals surface area (Å²) in [5.41, 5.74) is 2.51. The lowest BCUT2D eigenvalue weighted by molar-refractivity contribution is 0.297. The molecule has 2 heterocycles. The Bertz CT molecular complexity index is 393. The van der Waals surface area contributed by atoms with Crippen molar-refractivity contribution in [3.63, 3.8) is 0 Å². The van der Waals surface area contributed by atoms with Crippen LogP contribution in [0.4, 0.5) is 0 Å². The highest BCUT2D eigenvalue weighted by atomic mass is 32.1. The van der Waals surface area contributed by atoms with Gasteiger partial charge in [0.1, 0.15) is 0 Å². The van der Waals surface area contributed by atoms with Crippen LogP contribution < -0.4 is 0 Å². The minimum absolute atomic E-state index is 0.106. The maximum Gasteiger partial charge on any atom is 0.0574 e. The van der Waals surface area contributed by atoms with Gasteiger partial charge in [-0.05, 0) is 43.9 Å². The number of thiophene rings is 1. The molecule has 0 bridgehead atoms. The Balaban J connectivity index is 2.43. The van der Waals surface area contributed by atoms with Crippen LogP contribution in [0.5, 0.6) is 0 Å². The smallest absolute Gasteiger partial charge is 0.0574 e. The van der Waals surface area contributed by atoms with Crippen molar-refractivity contribution < 1.29 is 0 Å². The van der Waals surface area contributed by atoms with Gasteiger partial charge in [-0.2, -0.15) is 0 Å². The summed E-state index contributed by atoms with van der Waals surface area (Å²) in [6.45, 7) is 10.7. The second-order valence-electron chi connectivity index (χ2n) is 4.51. The zero-order chi connectivity index (χ0) is 10.3. The van der Waals surface area contributed by atoms with Crippen molar-refractivity contribution in [3.05, 3.63) is 34.7 Å². The van der Waals surface area contributed by atoms with Crippen molar-refractivity contribution in [1.29, 1.82) is 0 Å². The van der Waals surface area contributed by atoms with E-state index in [0.717, 1.165) is 5.70 Å².